The van der Waals surface area contributed by atoms with Crippen LogP contribution in [0, 0.1) is 0 Å². The Kier molecular flexibility index (Phi) is 2.68. The summed E-state index contributed by atoms with van der Waals surface area (Å²) >= 11 is 0. The Morgan fingerprint density at radius 2 is 1.71 bits per heavy atom. The molecule has 0 aliphatic rings. The van der Waals surface area contributed by atoms with E-state index in [2.05, 4.69) is 25.0 Å². The van der Waals surface area contributed by atoms with E-state index in [0.29, 0.717) is 0 Å². The van der Waals surface area contributed by atoms with Crippen molar-refractivity contribution in [3.05, 3.63) is 25.6 Å². The lowest BCUT2D eigenvalue weighted by atomic mass is 10.9. The Labute approximate surface area is 43.4 Å². The van der Waals surface area contributed by atoms with Crippen LogP contribution in [0.1, 0.15) is 0 Å². The summed E-state index contributed by atoms with van der Waals surface area (Å²) in [5, 5.41) is 4.89. The van der Waals surface area contributed by atoms with E-state index in [1.807, 2.05) is 0 Å². The molecule has 0 aromatic heterocycles. The molecule has 38 valence electrons. The van der Waals surface area contributed by atoms with Crippen molar-refractivity contribution in [1.82, 2.24) is 5.01 Å². The topological polar surface area (TPSA) is 15.6 Å². The van der Waals surface area contributed by atoms with Crippen LogP contribution in [0.3, 0.4) is 0 Å². The molecular weight excluding hydrogens is 88.1 g/mol. The molecule has 0 N–H and O–H groups in total. The molecule has 7 heavy (non-hydrogen) atoms. The normalized spacial score (nSPS) is 6.86. The summed E-state index contributed by atoms with van der Waals surface area (Å²) in [5.41, 5.74) is 0. The molecule has 0 saturated carbocycles. The maximum absolute atomic E-state index is 3.47. The van der Waals surface area contributed by atoms with Gasteiger partial charge in [0.15, 0.2) is 0 Å². The summed E-state index contributed by atoms with van der Waals surface area (Å²) in [6.45, 7) is 10.1. The average Bonchev–Trinajstić information content (AvgIpc) is 1.72. The molecule has 0 heterocycles. The van der Waals surface area contributed by atoms with E-state index in [9.17, 15) is 0 Å². The standard InChI is InChI=1S/C5H8N2/c1-4-7(5-2)6-3/h4-5H,1-3H2. The molecule has 2 heteroatoms. The first-order valence-corrected chi connectivity index (χ1v) is 1.85. The van der Waals surface area contributed by atoms with E-state index in [-0.39, 0.29) is 0 Å². The van der Waals surface area contributed by atoms with Crippen LogP contribution in [0.2, 0.25) is 0 Å². The first-order chi connectivity index (χ1) is 3.35. The van der Waals surface area contributed by atoms with Crippen LogP contribution in [-0.2, 0) is 0 Å². The van der Waals surface area contributed by atoms with Gasteiger partial charge < -0.3 is 0 Å². The highest BCUT2D eigenvalue weighted by molar-refractivity contribution is 5.23. The SMILES string of the molecule is C=CN(C=C)N=C. The average molecular weight is 96.1 g/mol. The van der Waals surface area contributed by atoms with Crippen LogP contribution in [-0.4, -0.2) is 11.7 Å². The fourth-order valence-corrected chi connectivity index (χ4v) is 0.190. The quantitative estimate of drug-likeness (QED) is 0.380. The molecule has 0 aromatic rings. The molecule has 0 amide bonds. The molecule has 0 radical (unpaired) electrons. The number of hydrogen-bond acceptors (Lipinski definition) is 2. The highest BCUT2D eigenvalue weighted by atomic mass is 15.4. The van der Waals surface area contributed by atoms with Crippen molar-refractivity contribution in [1.29, 1.82) is 0 Å². The summed E-state index contributed by atoms with van der Waals surface area (Å²) in [6.07, 6.45) is 3.03. The third-order valence-corrected chi connectivity index (χ3v) is 0.537. The van der Waals surface area contributed by atoms with Crippen LogP contribution < -0.4 is 0 Å². The lowest BCUT2D eigenvalue weighted by Crippen LogP contribution is -1.94. The van der Waals surface area contributed by atoms with Gasteiger partial charge in [0.1, 0.15) is 0 Å². The highest BCUT2D eigenvalue weighted by Gasteiger charge is 1.74. The zero-order valence-corrected chi connectivity index (χ0v) is 4.17. The molecule has 0 rings (SSSR count). The van der Waals surface area contributed by atoms with E-state index in [4.69, 9.17) is 0 Å². The Hall–Kier alpha value is -1.05. The number of rotatable bonds is 3. The lowest BCUT2D eigenvalue weighted by molar-refractivity contribution is 0.555. The molecule has 0 aliphatic carbocycles. The van der Waals surface area contributed by atoms with Gasteiger partial charge >= 0.3 is 0 Å². The monoisotopic (exact) mass is 96.1 g/mol. The van der Waals surface area contributed by atoms with Gasteiger partial charge in [-0.1, -0.05) is 13.2 Å². The van der Waals surface area contributed by atoms with Crippen molar-refractivity contribution >= 4 is 6.72 Å². The minimum Gasteiger partial charge on any atom is -0.250 e. The first kappa shape index (κ1) is 5.95. The van der Waals surface area contributed by atoms with E-state index < -0.39 is 0 Å². The summed E-state index contributed by atoms with van der Waals surface area (Å²) < 4.78 is 0. The van der Waals surface area contributed by atoms with E-state index in [1.54, 1.807) is 0 Å². The largest absolute Gasteiger partial charge is 0.250 e. The Bertz CT molecular complexity index is 67.1. The van der Waals surface area contributed by atoms with Crippen molar-refractivity contribution in [2.45, 2.75) is 0 Å². The third kappa shape index (κ3) is 1.76. The summed E-state index contributed by atoms with van der Waals surface area (Å²) in [4.78, 5) is 0. The van der Waals surface area contributed by atoms with Gasteiger partial charge in [-0.05, 0) is 0 Å². The van der Waals surface area contributed by atoms with Crippen molar-refractivity contribution in [2.24, 2.45) is 5.10 Å². The van der Waals surface area contributed by atoms with Gasteiger partial charge in [0.2, 0.25) is 0 Å². The maximum atomic E-state index is 3.47. The Morgan fingerprint density at radius 1 is 1.29 bits per heavy atom. The second-order valence-corrected chi connectivity index (χ2v) is 0.887. The second-order valence-electron chi connectivity index (χ2n) is 0.887. The third-order valence-electron chi connectivity index (χ3n) is 0.537. The van der Waals surface area contributed by atoms with Crippen molar-refractivity contribution in [3.63, 3.8) is 0 Å². The summed E-state index contributed by atoms with van der Waals surface area (Å²) in [6, 6.07) is 0. The molecule has 2 nitrogen and oxygen atoms in total. The molecular formula is C5H8N2. The smallest absolute Gasteiger partial charge is 0.0211 e. The molecule has 0 atom stereocenters. The van der Waals surface area contributed by atoms with Gasteiger partial charge in [-0.2, -0.15) is 5.10 Å². The van der Waals surface area contributed by atoms with Crippen molar-refractivity contribution < 1.29 is 0 Å². The summed E-state index contributed by atoms with van der Waals surface area (Å²) in [7, 11) is 0. The Morgan fingerprint density at radius 3 is 1.71 bits per heavy atom. The van der Waals surface area contributed by atoms with Crippen LogP contribution >= 0.6 is 0 Å². The summed E-state index contributed by atoms with van der Waals surface area (Å²) in [5.74, 6) is 0. The van der Waals surface area contributed by atoms with Gasteiger partial charge in [-0.3, -0.25) is 5.01 Å². The number of hydrazone groups is 1. The minimum atomic E-state index is 1.42. The van der Waals surface area contributed by atoms with Gasteiger partial charge in [0.05, 0.1) is 0 Å². The Balaban J connectivity index is 3.57. The molecule has 0 fully saturated rings. The van der Waals surface area contributed by atoms with E-state index >= 15 is 0 Å². The molecule has 0 spiro atoms. The fraction of sp³-hybridized carbons (Fsp3) is 0. The zero-order valence-electron chi connectivity index (χ0n) is 4.17. The number of nitrogens with zero attached hydrogens (tertiary/aromatic N) is 2. The van der Waals surface area contributed by atoms with Crippen molar-refractivity contribution in [2.75, 3.05) is 0 Å². The zero-order chi connectivity index (χ0) is 5.70. The van der Waals surface area contributed by atoms with Crippen LogP contribution in [0.4, 0.5) is 0 Å². The molecule has 0 saturated heterocycles. The predicted molar refractivity (Wildman–Crippen MR) is 31.8 cm³/mol. The van der Waals surface area contributed by atoms with Gasteiger partial charge in [-0.25, -0.2) is 0 Å². The number of hydrogen-bond donors (Lipinski definition) is 0. The highest BCUT2D eigenvalue weighted by Crippen LogP contribution is 1.84. The molecule has 0 bridgehead atoms. The second kappa shape index (κ2) is 3.15. The van der Waals surface area contributed by atoms with E-state index in [1.165, 1.54) is 17.4 Å². The van der Waals surface area contributed by atoms with Crippen LogP contribution in [0.25, 0.3) is 0 Å². The molecule has 0 aliphatic heterocycles. The minimum absolute atomic E-state index is 1.42. The van der Waals surface area contributed by atoms with Crippen molar-refractivity contribution in [3.8, 4) is 0 Å². The van der Waals surface area contributed by atoms with Gasteiger partial charge in [0.25, 0.3) is 0 Å². The lowest BCUT2D eigenvalue weighted by Gasteiger charge is -2.01. The van der Waals surface area contributed by atoms with E-state index in [0.717, 1.165) is 0 Å². The predicted octanol–water partition coefficient (Wildman–Crippen LogP) is 1.19. The molecule has 0 unspecified atom stereocenters. The van der Waals surface area contributed by atoms with Crippen LogP contribution in [0.15, 0.2) is 30.7 Å². The van der Waals surface area contributed by atoms with Gasteiger partial charge in [-0.15, -0.1) is 0 Å². The van der Waals surface area contributed by atoms with Gasteiger partial charge in [0, 0.05) is 19.1 Å². The fourth-order valence-electron chi connectivity index (χ4n) is 0.190. The molecule has 0 aromatic carbocycles. The maximum Gasteiger partial charge on any atom is 0.0211 e. The first-order valence-electron chi connectivity index (χ1n) is 1.85. The van der Waals surface area contributed by atoms with Crippen LogP contribution in [0.5, 0.6) is 0 Å².